The number of rotatable bonds is 4. The van der Waals surface area contributed by atoms with Gasteiger partial charge < -0.3 is 13.8 Å². The number of hydrogen-bond donors (Lipinski definition) is 0. The summed E-state index contributed by atoms with van der Waals surface area (Å²) in [6.07, 6.45) is 0. The van der Waals surface area contributed by atoms with E-state index in [0.717, 1.165) is 11.0 Å². The van der Waals surface area contributed by atoms with Gasteiger partial charge in [-0.25, -0.2) is 13.2 Å². The molecule has 0 N–H and O–H groups in total. The van der Waals surface area contributed by atoms with Crippen molar-refractivity contribution in [3.63, 3.8) is 0 Å². The summed E-state index contributed by atoms with van der Waals surface area (Å²) >= 11 is 0. The minimum atomic E-state index is -6.09. The first kappa shape index (κ1) is 21.2. The number of carbonyl (C=O) groups is 1. The Labute approximate surface area is 116 Å². The Morgan fingerprint density at radius 1 is 1.30 bits per heavy atom. The van der Waals surface area contributed by atoms with E-state index >= 15 is 0 Å². The van der Waals surface area contributed by atoms with Gasteiger partial charge in [-0.2, -0.15) is 13.2 Å². The number of halogens is 3. The fourth-order valence-electron chi connectivity index (χ4n) is 0.535. The minimum Gasteiger partial charge on any atom is -0.741 e. The summed E-state index contributed by atoms with van der Waals surface area (Å²) in [7, 11) is 0.0603. The molecule has 0 spiro atoms. The van der Waals surface area contributed by atoms with Gasteiger partial charge in [0, 0.05) is 5.57 Å². The molecular weight excluding hydrogens is 303 g/mol. The molecule has 0 saturated heterocycles. The van der Waals surface area contributed by atoms with Crippen molar-refractivity contribution in [2.24, 2.45) is 0 Å². The van der Waals surface area contributed by atoms with Gasteiger partial charge in [0.1, 0.15) is 13.2 Å². The molecule has 6 nitrogen and oxygen atoms in total. The van der Waals surface area contributed by atoms with Crippen molar-refractivity contribution in [1.82, 2.24) is 0 Å². The molecule has 0 aliphatic heterocycles. The van der Waals surface area contributed by atoms with Crippen molar-refractivity contribution >= 4 is 16.1 Å². The molecule has 0 amide bonds. The van der Waals surface area contributed by atoms with Crippen LogP contribution in [0.2, 0.25) is 0 Å². The summed E-state index contributed by atoms with van der Waals surface area (Å²) in [6, 6.07) is 0. The maximum absolute atomic E-state index is 10.9. The average molecular weight is 321 g/mol. The lowest BCUT2D eigenvalue weighted by Crippen LogP contribution is -2.38. The van der Waals surface area contributed by atoms with Gasteiger partial charge >= 0.3 is 11.5 Å². The first-order chi connectivity index (χ1) is 8.58. The summed E-state index contributed by atoms with van der Waals surface area (Å²) in [5.74, 6) is -0.302. The predicted octanol–water partition coefficient (Wildman–Crippen LogP) is 0.863. The lowest BCUT2D eigenvalue weighted by Gasteiger charge is -2.23. The quantitative estimate of drug-likeness (QED) is 0.252. The van der Waals surface area contributed by atoms with E-state index in [1.54, 1.807) is 6.92 Å². The third-order valence-corrected chi connectivity index (χ3v) is 2.19. The maximum Gasteiger partial charge on any atom is 0.485 e. The average Bonchev–Trinajstić information content (AvgIpc) is 2.12. The lowest BCUT2D eigenvalue weighted by atomic mass is 10.4. The SMILES string of the molecule is C=C(C)C(=O)OCC[N+](C)(C)C.O=S(=O)([O-])C(F)(F)F. The number of esters is 1. The molecule has 120 valence electrons. The molecule has 0 rings (SSSR count). The van der Waals surface area contributed by atoms with Gasteiger partial charge in [-0.15, -0.1) is 0 Å². The van der Waals surface area contributed by atoms with Gasteiger partial charge in [0.15, 0.2) is 10.1 Å². The van der Waals surface area contributed by atoms with Crippen LogP contribution in [-0.4, -0.2) is 63.2 Å². The second kappa shape index (κ2) is 7.60. The smallest absolute Gasteiger partial charge is 0.485 e. The molecule has 0 bridgehead atoms. The zero-order valence-electron chi connectivity index (χ0n) is 11.7. The van der Waals surface area contributed by atoms with E-state index in [1.165, 1.54) is 0 Å². The van der Waals surface area contributed by atoms with Gasteiger partial charge in [0.2, 0.25) is 0 Å². The van der Waals surface area contributed by atoms with E-state index in [4.69, 9.17) is 17.7 Å². The van der Waals surface area contributed by atoms with E-state index in [1.807, 2.05) is 0 Å². The van der Waals surface area contributed by atoms with Crippen LogP contribution in [0.5, 0.6) is 0 Å². The highest BCUT2D eigenvalue weighted by Crippen LogP contribution is 2.20. The predicted molar refractivity (Wildman–Crippen MR) is 64.4 cm³/mol. The minimum absolute atomic E-state index is 0.302. The number of ether oxygens (including phenoxy) is 1. The Hall–Kier alpha value is -1.13. The van der Waals surface area contributed by atoms with Gasteiger partial charge in [0.25, 0.3) is 0 Å². The van der Waals surface area contributed by atoms with Crippen LogP contribution in [-0.2, 0) is 19.6 Å². The monoisotopic (exact) mass is 321 g/mol. The number of nitrogens with zero attached hydrogens (tertiary/aromatic N) is 1. The van der Waals surface area contributed by atoms with Crippen LogP contribution in [0, 0.1) is 0 Å². The Bertz CT molecular complexity index is 437. The highest BCUT2D eigenvalue weighted by Gasteiger charge is 2.36. The maximum atomic E-state index is 10.9. The Morgan fingerprint density at radius 2 is 1.65 bits per heavy atom. The molecular formula is C10H18F3NO5S. The molecule has 0 aliphatic carbocycles. The molecule has 0 atom stereocenters. The molecule has 0 unspecified atom stereocenters. The molecule has 10 heteroatoms. The second-order valence-electron chi connectivity index (χ2n) is 4.83. The molecule has 0 aromatic rings. The molecule has 0 saturated carbocycles. The van der Waals surface area contributed by atoms with Gasteiger partial charge in [-0.1, -0.05) is 6.58 Å². The standard InChI is InChI=1S/C9H18NO2.CHF3O3S/c1-8(2)9(11)12-7-6-10(3,4)5;2-1(3,4)8(5,6)7/h1,6-7H2,2-5H3;(H,5,6,7)/q+1;/p-1. The number of likely N-dealkylation sites (N-methyl/N-ethyl adjacent to an activating group) is 1. The first-order valence-electron chi connectivity index (χ1n) is 5.23. The summed E-state index contributed by atoms with van der Waals surface area (Å²) in [5, 5.41) is 0. The van der Waals surface area contributed by atoms with Crippen molar-refractivity contribution in [3.05, 3.63) is 12.2 Å². The van der Waals surface area contributed by atoms with Crippen molar-refractivity contribution in [2.75, 3.05) is 34.3 Å². The Balaban J connectivity index is 0. The highest BCUT2D eigenvalue weighted by atomic mass is 32.2. The largest absolute Gasteiger partial charge is 0.741 e. The van der Waals surface area contributed by atoms with Crippen LogP contribution in [0.1, 0.15) is 6.92 Å². The lowest BCUT2D eigenvalue weighted by molar-refractivity contribution is -0.870. The summed E-state index contributed by atoms with van der Waals surface area (Å²) < 4.78 is 64.6. The molecule has 0 fully saturated rings. The number of quaternary nitrogens is 1. The van der Waals surface area contributed by atoms with Crippen molar-refractivity contribution in [1.29, 1.82) is 0 Å². The van der Waals surface area contributed by atoms with Crippen molar-refractivity contribution in [3.8, 4) is 0 Å². The molecule has 0 aromatic heterocycles. The van der Waals surface area contributed by atoms with Crippen molar-refractivity contribution < 1.29 is 40.2 Å². The van der Waals surface area contributed by atoms with E-state index in [9.17, 15) is 18.0 Å². The molecule has 0 aromatic carbocycles. The second-order valence-corrected chi connectivity index (χ2v) is 6.20. The topological polar surface area (TPSA) is 83.5 Å². The summed E-state index contributed by atoms with van der Waals surface area (Å²) in [4.78, 5) is 10.9. The number of hydrogen-bond acceptors (Lipinski definition) is 5. The number of alkyl halides is 3. The summed E-state index contributed by atoms with van der Waals surface area (Å²) in [5.41, 5.74) is -5.19. The van der Waals surface area contributed by atoms with Crippen LogP contribution in [0.3, 0.4) is 0 Å². The van der Waals surface area contributed by atoms with Gasteiger partial charge in [-0.3, -0.25) is 0 Å². The van der Waals surface area contributed by atoms with Gasteiger partial charge in [0.05, 0.1) is 21.1 Å². The highest BCUT2D eigenvalue weighted by molar-refractivity contribution is 7.86. The normalized spacial score (nSPS) is 12.2. The van der Waals surface area contributed by atoms with E-state index in [0.29, 0.717) is 12.2 Å². The molecule has 0 heterocycles. The molecule has 20 heavy (non-hydrogen) atoms. The molecule has 0 radical (unpaired) electrons. The van der Waals surface area contributed by atoms with Crippen LogP contribution in [0.25, 0.3) is 0 Å². The van der Waals surface area contributed by atoms with Crippen LogP contribution >= 0.6 is 0 Å². The fourth-order valence-corrected chi connectivity index (χ4v) is 0.535. The Kier molecular flexibility index (Phi) is 8.04. The van der Waals surface area contributed by atoms with Crippen LogP contribution in [0.15, 0.2) is 12.2 Å². The fraction of sp³-hybridized carbons (Fsp3) is 0.700. The van der Waals surface area contributed by atoms with E-state index in [-0.39, 0.29) is 5.97 Å². The first-order valence-corrected chi connectivity index (χ1v) is 6.64. The van der Waals surface area contributed by atoms with E-state index in [2.05, 4.69) is 27.7 Å². The Morgan fingerprint density at radius 3 is 1.85 bits per heavy atom. The third-order valence-electron chi connectivity index (χ3n) is 1.63. The van der Waals surface area contributed by atoms with Crippen LogP contribution in [0.4, 0.5) is 13.2 Å². The van der Waals surface area contributed by atoms with Gasteiger partial charge in [-0.05, 0) is 6.92 Å². The summed E-state index contributed by atoms with van der Waals surface area (Å²) in [6.45, 7) is 6.41. The van der Waals surface area contributed by atoms with Crippen LogP contribution < -0.4 is 0 Å². The molecule has 0 aliphatic rings. The van der Waals surface area contributed by atoms with E-state index < -0.39 is 15.6 Å². The third kappa shape index (κ3) is 11.9. The zero-order valence-corrected chi connectivity index (χ0v) is 12.5. The zero-order chi connectivity index (χ0) is 16.8. The van der Waals surface area contributed by atoms with Crippen molar-refractivity contribution in [2.45, 2.75) is 12.4 Å². The number of carbonyl (C=O) groups excluding carboxylic acids is 1.